The molecule has 4 heteroatoms. The molecule has 0 atom stereocenters. The zero-order chi connectivity index (χ0) is 13.1. The van der Waals surface area contributed by atoms with E-state index in [2.05, 4.69) is 0 Å². The van der Waals surface area contributed by atoms with Crippen molar-refractivity contribution in [3.8, 4) is 5.75 Å². The number of rotatable bonds is 4. The Hall–Kier alpha value is -1.84. The van der Waals surface area contributed by atoms with E-state index >= 15 is 0 Å². The number of carboxylic acid groups (broad SMARTS) is 1. The van der Waals surface area contributed by atoms with Gasteiger partial charge in [-0.25, -0.2) is 0 Å². The number of Topliss-reactive ketones (excluding diaryl/α,β-unsaturated/α-hetero) is 1. The van der Waals surface area contributed by atoms with Crippen LogP contribution in [0.3, 0.4) is 0 Å². The molecule has 1 N–H and O–H groups in total. The quantitative estimate of drug-likeness (QED) is 0.644. The summed E-state index contributed by atoms with van der Waals surface area (Å²) in [5, 5.41) is 8.55. The van der Waals surface area contributed by atoms with Gasteiger partial charge >= 0.3 is 5.97 Å². The predicted molar refractivity (Wildman–Crippen MR) is 63.4 cm³/mol. The van der Waals surface area contributed by atoms with E-state index in [0.717, 1.165) is 0 Å². The van der Waals surface area contributed by atoms with E-state index in [-0.39, 0.29) is 5.60 Å². The number of carboxylic acids is 1. The monoisotopic (exact) mass is 236 g/mol. The predicted octanol–water partition coefficient (Wildman–Crippen LogP) is 2.52. The van der Waals surface area contributed by atoms with Gasteiger partial charge in [-0.1, -0.05) is 12.1 Å². The first-order valence-electron chi connectivity index (χ1n) is 5.32. The van der Waals surface area contributed by atoms with Gasteiger partial charge in [-0.2, -0.15) is 0 Å². The molecule has 1 aromatic carbocycles. The first kappa shape index (κ1) is 13.2. The van der Waals surface area contributed by atoms with Gasteiger partial charge in [-0.3, -0.25) is 9.59 Å². The highest BCUT2D eigenvalue weighted by Crippen LogP contribution is 2.20. The molecule has 0 heterocycles. The average molecular weight is 236 g/mol. The number of carbonyl (C=O) groups is 2. The third-order valence-electron chi connectivity index (χ3n) is 1.89. The summed E-state index contributed by atoms with van der Waals surface area (Å²) < 4.78 is 5.60. The molecule has 92 valence electrons. The number of aliphatic carboxylic acids is 1. The fourth-order valence-electron chi connectivity index (χ4n) is 1.33. The molecule has 17 heavy (non-hydrogen) atoms. The normalized spacial score (nSPS) is 11.0. The van der Waals surface area contributed by atoms with Crippen LogP contribution in [0, 0.1) is 0 Å². The maximum absolute atomic E-state index is 11.5. The van der Waals surface area contributed by atoms with Gasteiger partial charge in [0.15, 0.2) is 5.78 Å². The summed E-state index contributed by atoms with van der Waals surface area (Å²) >= 11 is 0. The lowest BCUT2D eigenvalue weighted by Gasteiger charge is -2.21. The van der Waals surface area contributed by atoms with Crippen molar-refractivity contribution in [3.63, 3.8) is 0 Å². The minimum atomic E-state index is -1.13. The van der Waals surface area contributed by atoms with Crippen LogP contribution in [0.2, 0.25) is 0 Å². The first-order valence-corrected chi connectivity index (χ1v) is 5.32. The summed E-state index contributed by atoms with van der Waals surface area (Å²) in [6.45, 7) is 5.70. The SMILES string of the molecule is CC(C)(C)Oc1cccc(C(=O)CC(=O)O)c1. The summed E-state index contributed by atoms with van der Waals surface area (Å²) in [6.07, 6.45) is -0.501. The smallest absolute Gasteiger partial charge is 0.311 e. The van der Waals surface area contributed by atoms with E-state index in [1.165, 1.54) is 0 Å². The lowest BCUT2D eigenvalue weighted by Crippen LogP contribution is -2.23. The topological polar surface area (TPSA) is 63.6 Å². The van der Waals surface area contributed by atoms with Crippen molar-refractivity contribution in [1.29, 1.82) is 0 Å². The second kappa shape index (κ2) is 4.99. The molecule has 0 fully saturated rings. The Labute approximate surface area is 100 Å². The van der Waals surface area contributed by atoms with Crippen molar-refractivity contribution < 1.29 is 19.4 Å². The molecular formula is C13H16O4. The van der Waals surface area contributed by atoms with Crippen molar-refractivity contribution in [3.05, 3.63) is 29.8 Å². The van der Waals surface area contributed by atoms with E-state index in [9.17, 15) is 9.59 Å². The Bertz CT molecular complexity index is 429. The molecule has 0 aliphatic rings. The van der Waals surface area contributed by atoms with Gasteiger partial charge in [0.25, 0.3) is 0 Å². The lowest BCUT2D eigenvalue weighted by molar-refractivity contribution is -0.135. The van der Waals surface area contributed by atoms with Crippen LogP contribution in [0.5, 0.6) is 5.75 Å². The number of hydrogen-bond acceptors (Lipinski definition) is 3. The van der Waals surface area contributed by atoms with E-state index < -0.39 is 18.2 Å². The summed E-state index contributed by atoms with van der Waals surface area (Å²) in [7, 11) is 0. The zero-order valence-corrected chi connectivity index (χ0v) is 10.2. The molecule has 1 aromatic rings. The highest BCUT2D eigenvalue weighted by molar-refractivity contribution is 6.05. The van der Waals surface area contributed by atoms with Crippen LogP contribution in [0.1, 0.15) is 37.6 Å². The van der Waals surface area contributed by atoms with Crippen LogP contribution < -0.4 is 4.74 Å². The molecule has 4 nitrogen and oxygen atoms in total. The van der Waals surface area contributed by atoms with Gasteiger partial charge in [0.1, 0.15) is 17.8 Å². The average Bonchev–Trinajstić information content (AvgIpc) is 2.14. The third kappa shape index (κ3) is 4.68. The number of ketones is 1. The number of carbonyl (C=O) groups excluding carboxylic acids is 1. The minimum Gasteiger partial charge on any atom is -0.488 e. The van der Waals surface area contributed by atoms with E-state index in [0.29, 0.717) is 11.3 Å². The Morgan fingerprint density at radius 3 is 2.47 bits per heavy atom. The van der Waals surface area contributed by atoms with Crippen LogP contribution in [-0.4, -0.2) is 22.5 Å². The molecule has 0 saturated carbocycles. The second-order valence-corrected chi connectivity index (χ2v) is 4.74. The molecule has 0 aliphatic heterocycles. The van der Waals surface area contributed by atoms with Crippen molar-refractivity contribution in [1.82, 2.24) is 0 Å². The van der Waals surface area contributed by atoms with E-state index in [1.54, 1.807) is 24.3 Å². The number of hydrogen-bond donors (Lipinski definition) is 1. The Morgan fingerprint density at radius 2 is 1.94 bits per heavy atom. The number of benzene rings is 1. The van der Waals surface area contributed by atoms with Gasteiger partial charge in [-0.05, 0) is 32.9 Å². The molecule has 0 amide bonds. The fourth-order valence-corrected chi connectivity index (χ4v) is 1.33. The van der Waals surface area contributed by atoms with Crippen molar-refractivity contribution in [2.45, 2.75) is 32.8 Å². The molecular weight excluding hydrogens is 220 g/mol. The standard InChI is InChI=1S/C13H16O4/c1-13(2,3)17-10-6-4-5-9(7-10)11(14)8-12(15)16/h4-7H,8H2,1-3H3,(H,15,16). The van der Waals surface area contributed by atoms with Crippen LogP contribution in [-0.2, 0) is 4.79 Å². The van der Waals surface area contributed by atoms with Gasteiger partial charge in [0.05, 0.1) is 0 Å². The molecule has 0 unspecified atom stereocenters. The second-order valence-electron chi connectivity index (χ2n) is 4.74. The van der Waals surface area contributed by atoms with Crippen molar-refractivity contribution >= 4 is 11.8 Å². The third-order valence-corrected chi connectivity index (χ3v) is 1.89. The molecule has 0 aromatic heterocycles. The van der Waals surface area contributed by atoms with Crippen molar-refractivity contribution in [2.24, 2.45) is 0 Å². The summed E-state index contributed by atoms with van der Waals surface area (Å²) in [5.41, 5.74) is 0.00299. The van der Waals surface area contributed by atoms with Gasteiger partial charge in [0.2, 0.25) is 0 Å². The maximum atomic E-state index is 11.5. The Kier molecular flexibility index (Phi) is 3.89. The first-order chi connectivity index (χ1) is 7.78. The van der Waals surface area contributed by atoms with Gasteiger partial charge in [0, 0.05) is 5.56 Å². The zero-order valence-electron chi connectivity index (χ0n) is 10.2. The van der Waals surface area contributed by atoms with E-state index in [1.807, 2.05) is 20.8 Å². The van der Waals surface area contributed by atoms with Crippen LogP contribution in [0.4, 0.5) is 0 Å². The highest BCUT2D eigenvalue weighted by atomic mass is 16.5. The van der Waals surface area contributed by atoms with Crippen LogP contribution >= 0.6 is 0 Å². The Balaban J connectivity index is 2.86. The lowest BCUT2D eigenvalue weighted by atomic mass is 10.1. The van der Waals surface area contributed by atoms with Crippen LogP contribution in [0.15, 0.2) is 24.3 Å². The van der Waals surface area contributed by atoms with Gasteiger partial charge in [-0.15, -0.1) is 0 Å². The molecule has 0 saturated heterocycles. The fraction of sp³-hybridized carbons (Fsp3) is 0.385. The molecule has 0 aliphatic carbocycles. The summed E-state index contributed by atoms with van der Waals surface area (Å²) in [6, 6.07) is 6.57. The maximum Gasteiger partial charge on any atom is 0.311 e. The number of ether oxygens (including phenoxy) is 1. The highest BCUT2D eigenvalue weighted by Gasteiger charge is 2.14. The van der Waals surface area contributed by atoms with Crippen LogP contribution in [0.25, 0.3) is 0 Å². The minimum absolute atomic E-state index is 0.353. The molecule has 0 spiro atoms. The largest absolute Gasteiger partial charge is 0.488 e. The van der Waals surface area contributed by atoms with Gasteiger partial charge < -0.3 is 9.84 Å². The molecule has 0 bridgehead atoms. The molecule has 0 radical (unpaired) electrons. The summed E-state index contributed by atoms with van der Waals surface area (Å²) in [5.74, 6) is -0.984. The Morgan fingerprint density at radius 1 is 1.29 bits per heavy atom. The summed E-state index contributed by atoms with van der Waals surface area (Å²) in [4.78, 5) is 22.0. The van der Waals surface area contributed by atoms with E-state index in [4.69, 9.17) is 9.84 Å². The van der Waals surface area contributed by atoms with Crippen molar-refractivity contribution in [2.75, 3.05) is 0 Å². The molecule has 1 rings (SSSR count).